The molecule has 0 saturated heterocycles. The average Bonchev–Trinajstić information content (AvgIpc) is 2.83. The molecule has 3 heteroatoms. The van der Waals surface area contributed by atoms with Gasteiger partial charge in [0.2, 0.25) is 0 Å². The van der Waals surface area contributed by atoms with E-state index >= 15 is 0 Å². The molecule has 1 aromatic heterocycles. The van der Waals surface area contributed by atoms with E-state index in [0.29, 0.717) is 5.41 Å². The maximum atomic E-state index is 4.10. The van der Waals surface area contributed by atoms with Crippen LogP contribution in [0.3, 0.4) is 0 Å². The van der Waals surface area contributed by atoms with Gasteiger partial charge in [-0.1, -0.05) is 124 Å². The van der Waals surface area contributed by atoms with E-state index in [9.17, 15) is 0 Å². The summed E-state index contributed by atoms with van der Waals surface area (Å²) in [6.07, 6.45) is 17.9. The van der Waals surface area contributed by atoms with Gasteiger partial charge in [0.15, 0.2) is 5.82 Å². The predicted octanol–water partition coefficient (Wildman–Crippen LogP) is 8.60. The fourth-order valence-corrected chi connectivity index (χ4v) is 4.65. The summed E-state index contributed by atoms with van der Waals surface area (Å²) in [5.74, 6) is 1.68. The Morgan fingerprint density at radius 1 is 0.941 bits per heavy atom. The summed E-state index contributed by atoms with van der Waals surface area (Å²) in [6.45, 7) is 26.1. The molecule has 0 radical (unpaired) electrons. The molecule has 0 aliphatic carbocycles. The van der Waals surface area contributed by atoms with Gasteiger partial charge in [0.1, 0.15) is 0 Å². The number of anilines is 1. The van der Waals surface area contributed by atoms with E-state index in [1.807, 2.05) is 40.0 Å². The van der Waals surface area contributed by atoms with Crippen molar-refractivity contribution in [3.05, 3.63) is 28.3 Å². The van der Waals surface area contributed by atoms with Gasteiger partial charge in [-0.15, -0.1) is 5.10 Å². The number of aryl methyl sites for hydroxylation is 1. The number of allylic oxidation sites excluding steroid dienone is 1. The molecule has 34 heavy (non-hydrogen) atoms. The highest BCUT2D eigenvalue weighted by Crippen LogP contribution is 2.41. The second-order valence-electron chi connectivity index (χ2n) is 9.68. The standard InChI is InChI=1S/C12H17N3.C12H26.C7H16/c1-6-10-9(4)14-15-12(13-5)11(10)7-8(2)3;1-6-10-12(8-3,9-4)11(5)7-2;1-3-5-7-6-4-2/h6-7H,2H2,1,3-5H3,(H,13,15);11H,6-10H2,1-5H3;3-7H2,1-2H3/b10-6-,11-7+;;. The topological polar surface area (TPSA) is 37.8 Å². The number of nitrogens with one attached hydrogen (secondary N) is 1. The molecule has 1 unspecified atom stereocenters. The van der Waals surface area contributed by atoms with Crippen molar-refractivity contribution in [2.45, 2.75) is 133 Å². The van der Waals surface area contributed by atoms with Gasteiger partial charge in [0.25, 0.3) is 0 Å². The highest BCUT2D eigenvalue weighted by molar-refractivity contribution is 5.52. The third kappa shape index (κ3) is 12.7. The van der Waals surface area contributed by atoms with Gasteiger partial charge in [-0.05, 0) is 44.6 Å². The van der Waals surface area contributed by atoms with Crippen molar-refractivity contribution in [3.63, 3.8) is 0 Å². The molecule has 0 amide bonds. The first-order valence-electron chi connectivity index (χ1n) is 14.0. The minimum atomic E-state index is 0.642. The van der Waals surface area contributed by atoms with Crippen molar-refractivity contribution < 1.29 is 0 Å². The molecule has 1 atom stereocenters. The van der Waals surface area contributed by atoms with Crippen LogP contribution in [-0.2, 0) is 0 Å². The van der Waals surface area contributed by atoms with E-state index in [2.05, 4.69) is 70.6 Å². The van der Waals surface area contributed by atoms with Crippen molar-refractivity contribution in [2.75, 3.05) is 12.4 Å². The second-order valence-corrected chi connectivity index (χ2v) is 9.68. The lowest BCUT2D eigenvalue weighted by Crippen LogP contribution is -2.32. The fraction of sp³-hybridized carbons (Fsp3) is 0.742. The number of unbranched alkanes of at least 4 members (excludes halogenated alkanes) is 4. The lowest BCUT2D eigenvalue weighted by Gasteiger charge is -2.37. The minimum Gasteiger partial charge on any atom is -0.371 e. The Morgan fingerprint density at radius 3 is 1.85 bits per heavy atom. The van der Waals surface area contributed by atoms with Gasteiger partial charge in [0, 0.05) is 17.5 Å². The smallest absolute Gasteiger partial charge is 0.156 e. The largest absolute Gasteiger partial charge is 0.371 e. The Morgan fingerprint density at radius 2 is 1.50 bits per heavy atom. The van der Waals surface area contributed by atoms with Gasteiger partial charge in [0.05, 0.1) is 5.69 Å². The Labute approximate surface area is 213 Å². The summed E-state index contributed by atoms with van der Waals surface area (Å²) in [4.78, 5) is 0. The predicted molar refractivity (Wildman–Crippen MR) is 157 cm³/mol. The third-order valence-corrected chi connectivity index (χ3v) is 7.17. The van der Waals surface area contributed by atoms with Gasteiger partial charge in [-0.2, -0.15) is 5.10 Å². The fourth-order valence-electron chi connectivity index (χ4n) is 4.65. The van der Waals surface area contributed by atoms with Crippen LogP contribution in [0.5, 0.6) is 0 Å². The van der Waals surface area contributed by atoms with Crippen LogP contribution in [0.15, 0.2) is 12.2 Å². The highest BCUT2D eigenvalue weighted by atomic mass is 15.2. The molecule has 198 valence electrons. The van der Waals surface area contributed by atoms with Crippen LogP contribution in [0.4, 0.5) is 5.82 Å². The van der Waals surface area contributed by atoms with Crippen molar-refractivity contribution >= 4 is 18.0 Å². The van der Waals surface area contributed by atoms with E-state index in [1.54, 1.807) is 0 Å². The number of hydrogen-bond donors (Lipinski definition) is 1. The summed E-state index contributed by atoms with van der Waals surface area (Å²) in [5, 5.41) is 13.4. The van der Waals surface area contributed by atoms with E-state index < -0.39 is 0 Å². The van der Waals surface area contributed by atoms with Crippen LogP contribution in [0.1, 0.15) is 132 Å². The zero-order valence-electron chi connectivity index (χ0n) is 24.9. The van der Waals surface area contributed by atoms with Gasteiger partial charge >= 0.3 is 0 Å². The van der Waals surface area contributed by atoms with Gasteiger partial charge in [-0.3, -0.25) is 0 Å². The van der Waals surface area contributed by atoms with E-state index in [4.69, 9.17) is 0 Å². The summed E-state index contributed by atoms with van der Waals surface area (Å²) < 4.78 is 0. The van der Waals surface area contributed by atoms with Crippen LogP contribution < -0.4 is 15.8 Å². The third-order valence-electron chi connectivity index (χ3n) is 7.17. The molecule has 1 aromatic rings. The first-order valence-corrected chi connectivity index (χ1v) is 14.0. The summed E-state index contributed by atoms with van der Waals surface area (Å²) in [5.41, 5.74) is 2.58. The van der Waals surface area contributed by atoms with Crippen LogP contribution >= 0.6 is 0 Å². The first kappa shape index (κ1) is 34.5. The molecule has 0 aromatic carbocycles. The first-order chi connectivity index (χ1) is 16.2. The minimum absolute atomic E-state index is 0.642. The molecular formula is C31H59N3. The molecule has 3 nitrogen and oxygen atoms in total. The molecule has 0 bridgehead atoms. The molecule has 0 aliphatic rings. The molecule has 0 spiro atoms. The summed E-state index contributed by atoms with van der Waals surface area (Å²) in [6, 6.07) is 0. The summed E-state index contributed by atoms with van der Waals surface area (Å²) >= 11 is 0. The Kier molecular flexibility index (Phi) is 21.0. The number of aromatic nitrogens is 2. The van der Waals surface area contributed by atoms with Crippen LogP contribution in [0.2, 0.25) is 0 Å². The highest BCUT2D eigenvalue weighted by Gasteiger charge is 2.30. The monoisotopic (exact) mass is 473 g/mol. The Hall–Kier alpha value is -1.64. The quantitative estimate of drug-likeness (QED) is 0.309. The lowest BCUT2D eigenvalue weighted by atomic mass is 9.68. The molecular weight excluding hydrogens is 414 g/mol. The molecule has 1 heterocycles. The molecule has 0 saturated carbocycles. The zero-order chi connectivity index (χ0) is 26.6. The normalized spacial score (nSPS) is 12.9. The van der Waals surface area contributed by atoms with Crippen molar-refractivity contribution in [1.82, 2.24) is 10.2 Å². The van der Waals surface area contributed by atoms with Gasteiger partial charge < -0.3 is 5.32 Å². The number of hydrogen-bond acceptors (Lipinski definition) is 3. The van der Waals surface area contributed by atoms with E-state index in [0.717, 1.165) is 33.4 Å². The SMILES string of the molecule is C=C(C)/C=c1/c(NC)nnc(C)/c1=C/C.CCCC(CC)(CC)C(C)CC.CCCCCCC. The van der Waals surface area contributed by atoms with E-state index in [-0.39, 0.29) is 0 Å². The maximum Gasteiger partial charge on any atom is 0.156 e. The van der Waals surface area contributed by atoms with Crippen LogP contribution in [0, 0.1) is 18.3 Å². The Balaban J connectivity index is 0. The zero-order valence-corrected chi connectivity index (χ0v) is 24.9. The van der Waals surface area contributed by atoms with Crippen molar-refractivity contribution in [1.29, 1.82) is 0 Å². The maximum absolute atomic E-state index is 4.10. The van der Waals surface area contributed by atoms with Crippen LogP contribution in [0.25, 0.3) is 12.2 Å². The molecule has 0 fully saturated rings. The van der Waals surface area contributed by atoms with Crippen molar-refractivity contribution in [2.24, 2.45) is 11.3 Å². The molecule has 1 N–H and O–H groups in total. The number of nitrogens with zero attached hydrogens (tertiary/aromatic N) is 2. The number of rotatable bonds is 12. The van der Waals surface area contributed by atoms with E-state index in [1.165, 1.54) is 64.2 Å². The summed E-state index contributed by atoms with van der Waals surface area (Å²) in [7, 11) is 1.84. The molecule has 1 rings (SSSR count). The lowest BCUT2D eigenvalue weighted by molar-refractivity contribution is 0.135. The van der Waals surface area contributed by atoms with Crippen LogP contribution in [-0.4, -0.2) is 17.2 Å². The average molecular weight is 474 g/mol. The van der Waals surface area contributed by atoms with Crippen molar-refractivity contribution in [3.8, 4) is 0 Å². The van der Waals surface area contributed by atoms with Gasteiger partial charge in [-0.25, -0.2) is 0 Å². The Bertz CT molecular complexity index is 756. The second kappa shape index (κ2) is 20.7. The molecule has 0 aliphatic heterocycles.